The number of anilines is 1. The third-order valence-corrected chi connectivity index (χ3v) is 3.78. The molecule has 2 aromatic rings. The highest BCUT2D eigenvalue weighted by atomic mass is 16.2. The average Bonchev–Trinajstić information content (AvgIpc) is 3.26. The van der Waals surface area contributed by atoms with Crippen LogP contribution in [0.4, 0.5) is 5.69 Å². The van der Waals surface area contributed by atoms with Crippen LogP contribution in [0.15, 0.2) is 42.7 Å². The van der Waals surface area contributed by atoms with Crippen LogP contribution in [-0.4, -0.2) is 33.7 Å². The van der Waals surface area contributed by atoms with Gasteiger partial charge in [-0.3, -0.25) is 14.3 Å². The van der Waals surface area contributed by atoms with Crippen LogP contribution >= 0.6 is 0 Å². The van der Waals surface area contributed by atoms with Crippen molar-refractivity contribution in [2.45, 2.75) is 37.9 Å². The third-order valence-electron chi connectivity index (χ3n) is 3.78. The molecule has 7 nitrogen and oxygen atoms in total. The van der Waals surface area contributed by atoms with Gasteiger partial charge in [0.05, 0.1) is 17.9 Å². The molecule has 0 aliphatic heterocycles. The first kappa shape index (κ1) is 16.2. The zero-order valence-corrected chi connectivity index (χ0v) is 13.3. The van der Waals surface area contributed by atoms with Gasteiger partial charge in [0.1, 0.15) is 6.54 Å². The molecule has 24 heavy (non-hydrogen) atoms. The highest BCUT2D eigenvalue weighted by Gasteiger charge is 2.23. The highest BCUT2D eigenvalue weighted by molar-refractivity contribution is 5.94. The maximum absolute atomic E-state index is 12.1. The van der Waals surface area contributed by atoms with Crippen LogP contribution in [0, 0.1) is 0 Å². The molecule has 1 aromatic carbocycles. The van der Waals surface area contributed by atoms with Gasteiger partial charge in [0, 0.05) is 12.2 Å². The Morgan fingerprint density at radius 3 is 2.75 bits per heavy atom. The van der Waals surface area contributed by atoms with E-state index in [1.807, 2.05) is 30.3 Å². The number of rotatable bonds is 7. The van der Waals surface area contributed by atoms with Crippen molar-refractivity contribution in [3.63, 3.8) is 0 Å². The van der Waals surface area contributed by atoms with Crippen LogP contribution < -0.4 is 16.4 Å². The van der Waals surface area contributed by atoms with Gasteiger partial charge in [-0.15, -0.1) is 0 Å². The van der Waals surface area contributed by atoms with Crippen LogP contribution in [0.3, 0.4) is 0 Å². The zero-order valence-electron chi connectivity index (χ0n) is 13.3. The molecule has 4 N–H and O–H groups in total. The molecule has 7 heteroatoms. The maximum atomic E-state index is 12.1. The molecule has 0 bridgehead atoms. The number of amides is 2. The summed E-state index contributed by atoms with van der Waals surface area (Å²) in [5.41, 5.74) is 7.48. The third kappa shape index (κ3) is 4.66. The first-order valence-electron chi connectivity index (χ1n) is 8.02. The predicted molar refractivity (Wildman–Crippen MR) is 90.1 cm³/mol. The Kier molecular flexibility index (Phi) is 4.90. The molecule has 0 spiro atoms. The molecular formula is C17H21N5O2. The van der Waals surface area contributed by atoms with Gasteiger partial charge in [-0.25, -0.2) is 0 Å². The van der Waals surface area contributed by atoms with Crippen LogP contribution in [0.5, 0.6) is 0 Å². The van der Waals surface area contributed by atoms with E-state index < -0.39 is 6.04 Å². The van der Waals surface area contributed by atoms with Gasteiger partial charge in [0.25, 0.3) is 0 Å². The van der Waals surface area contributed by atoms with Gasteiger partial charge in [0.15, 0.2) is 0 Å². The summed E-state index contributed by atoms with van der Waals surface area (Å²) < 4.78 is 1.50. The maximum Gasteiger partial charge on any atom is 0.241 e. The van der Waals surface area contributed by atoms with Gasteiger partial charge >= 0.3 is 0 Å². The van der Waals surface area contributed by atoms with Gasteiger partial charge in [-0.1, -0.05) is 30.3 Å². The minimum Gasteiger partial charge on any atom is -0.352 e. The second-order valence-corrected chi connectivity index (χ2v) is 6.05. The predicted octanol–water partition coefficient (Wildman–Crippen LogP) is 0.670. The van der Waals surface area contributed by atoms with Crippen molar-refractivity contribution >= 4 is 17.5 Å². The molecule has 1 atom stereocenters. The zero-order chi connectivity index (χ0) is 16.9. The molecule has 1 saturated carbocycles. The lowest BCUT2D eigenvalue weighted by Crippen LogP contribution is -2.37. The van der Waals surface area contributed by atoms with Crippen molar-refractivity contribution in [1.82, 2.24) is 15.1 Å². The van der Waals surface area contributed by atoms with Gasteiger partial charge in [-0.2, -0.15) is 5.10 Å². The lowest BCUT2D eigenvalue weighted by molar-refractivity contribution is -0.122. The summed E-state index contributed by atoms with van der Waals surface area (Å²) in [7, 11) is 0. The molecule has 1 aliphatic rings. The number of nitrogens with zero attached hydrogens (tertiary/aromatic N) is 2. The summed E-state index contributed by atoms with van der Waals surface area (Å²) in [5.74, 6) is -0.347. The minimum atomic E-state index is -0.645. The van der Waals surface area contributed by atoms with Crippen LogP contribution in [0.25, 0.3) is 0 Å². The summed E-state index contributed by atoms with van der Waals surface area (Å²) >= 11 is 0. The summed E-state index contributed by atoms with van der Waals surface area (Å²) in [4.78, 5) is 23.9. The van der Waals surface area contributed by atoms with E-state index in [4.69, 9.17) is 5.73 Å². The number of hydrogen-bond acceptors (Lipinski definition) is 4. The van der Waals surface area contributed by atoms with E-state index in [1.165, 1.54) is 10.9 Å². The Balaban J connectivity index is 1.49. The summed E-state index contributed by atoms with van der Waals surface area (Å²) in [6, 6.07) is 9.29. The van der Waals surface area contributed by atoms with E-state index in [-0.39, 0.29) is 18.4 Å². The molecule has 1 unspecified atom stereocenters. The Morgan fingerprint density at radius 1 is 1.29 bits per heavy atom. The molecule has 1 aliphatic carbocycles. The van der Waals surface area contributed by atoms with Crippen LogP contribution in [-0.2, 0) is 22.6 Å². The van der Waals surface area contributed by atoms with Crippen LogP contribution in [0.2, 0.25) is 0 Å². The summed E-state index contributed by atoms with van der Waals surface area (Å²) in [5, 5.41) is 9.70. The van der Waals surface area contributed by atoms with E-state index in [2.05, 4.69) is 15.7 Å². The molecule has 1 heterocycles. The number of benzene rings is 1. The first-order valence-corrected chi connectivity index (χ1v) is 8.02. The van der Waals surface area contributed by atoms with E-state index in [0.717, 1.165) is 18.4 Å². The molecule has 3 rings (SSSR count). The smallest absolute Gasteiger partial charge is 0.241 e. The van der Waals surface area contributed by atoms with Gasteiger partial charge < -0.3 is 16.4 Å². The monoisotopic (exact) mass is 327 g/mol. The molecule has 2 amide bonds. The molecule has 1 fully saturated rings. The SMILES string of the molecule is NC(Cc1ccccc1)C(=O)Nc1cnn(CC(=O)NC2CC2)c1. The van der Waals surface area contributed by atoms with Crippen molar-refractivity contribution < 1.29 is 9.59 Å². The lowest BCUT2D eigenvalue weighted by Gasteiger charge is -2.11. The number of hydrogen-bond donors (Lipinski definition) is 3. The fourth-order valence-corrected chi connectivity index (χ4v) is 2.36. The van der Waals surface area contributed by atoms with Gasteiger partial charge in [0.2, 0.25) is 11.8 Å². The standard InChI is InChI=1S/C17H21N5O2/c18-15(8-12-4-2-1-3-5-12)17(24)21-14-9-19-22(10-14)11-16(23)20-13-6-7-13/h1-5,9-10,13,15H,6-8,11,18H2,(H,20,23)(H,21,24). The number of carbonyl (C=O) groups is 2. The lowest BCUT2D eigenvalue weighted by atomic mass is 10.1. The number of nitrogens with two attached hydrogens (primary N) is 1. The quantitative estimate of drug-likeness (QED) is 0.695. The summed E-state index contributed by atoms with van der Waals surface area (Å²) in [6.07, 6.45) is 5.69. The highest BCUT2D eigenvalue weighted by Crippen LogP contribution is 2.18. The van der Waals surface area contributed by atoms with E-state index >= 15 is 0 Å². The van der Waals surface area contributed by atoms with Gasteiger partial charge in [-0.05, 0) is 24.8 Å². The largest absolute Gasteiger partial charge is 0.352 e. The van der Waals surface area contributed by atoms with E-state index in [0.29, 0.717) is 18.2 Å². The molecule has 0 radical (unpaired) electrons. The second kappa shape index (κ2) is 7.27. The fraction of sp³-hybridized carbons (Fsp3) is 0.353. The Bertz CT molecular complexity index is 709. The summed E-state index contributed by atoms with van der Waals surface area (Å²) in [6.45, 7) is 0.141. The molecule has 0 saturated heterocycles. The fourth-order valence-electron chi connectivity index (χ4n) is 2.36. The van der Waals surface area contributed by atoms with Crippen molar-refractivity contribution in [2.24, 2.45) is 5.73 Å². The molecule has 1 aromatic heterocycles. The van der Waals surface area contributed by atoms with Crippen molar-refractivity contribution in [3.8, 4) is 0 Å². The number of nitrogens with one attached hydrogen (secondary N) is 2. The Morgan fingerprint density at radius 2 is 2.04 bits per heavy atom. The van der Waals surface area contributed by atoms with Crippen molar-refractivity contribution in [2.75, 3.05) is 5.32 Å². The van der Waals surface area contributed by atoms with E-state index in [9.17, 15) is 9.59 Å². The average molecular weight is 327 g/mol. The number of carbonyl (C=O) groups excluding carboxylic acids is 2. The minimum absolute atomic E-state index is 0.0701. The normalized spacial score (nSPS) is 14.9. The van der Waals surface area contributed by atoms with E-state index in [1.54, 1.807) is 6.20 Å². The second-order valence-electron chi connectivity index (χ2n) is 6.05. The Hall–Kier alpha value is -2.67. The first-order chi connectivity index (χ1) is 11.6. The molecule has 126 valence electrons. The topological polar surface area (TPSA) is 102 Å². The van der Waals surface area contributed by atoms with Crippen LogP contribution in [0.1, 0.15) is 18.4 Å². The Labute approximate surface area is 140 Å². The van der Waals surface area contributed by atoms with Crippen molar-refractivity contribution in [1.29, 1.82) is 0 Å². The number of aromatic nitrogens is 2. The van der Waals surface area contributed by atoms with Crippen molar-refractivity contribution in [3.05, 3.63) is 48.3 Å². The molecular weight excluding hydrogens is 306 g/mol.